The molecule has 0 aliphatic heterocycles. The molecule has 1 N–H and O–H groups in total. The molecule has 2 heterocycles. The molecule has 8 heteroatoms. The first-order valence-corrected chi connectivity index (χ1v) is 7.17. The number of carbonyl (C=O) groups is 1. The van der Waals surface area contributed by atoms with Gasteiger partial charge in [-0.3, -0.25) is 5.32 Å². The number of hydrogen-bond acceptors (Lipinski definition) is 6. The SMILES string of the molecule is O=C(Nc1nc2cnc(Cl)nc2s1)OCc1ccccc1. The second kappa shape index (κ2) is 6.02. The van der Waals surface area contributed by atoms with Gasteiger partial charge in [-0.15, -0.1) is 0 Å². The number of carbonyl (C=O) groups excluding carboxylic acids is 1. The first-order valence-electron chi connectivity index (χ1n) is 5.97. The van der Waals surface area contributed by atoms with Crippen LogP contribution in [0.25, 0.3) is 10.3 Å². The second-order valence-electron chi connectivity index (χ2n) is 4.04. The number of nitrogens with zero attached hydrogens (tertiary/aromatic N) is 3. The minimum Gasteiger partial charge on any atom is -0.444 e. The van der Waals surface area contributed by atoms with Crippen LogP contribution in [-0.4, -0.2) is 21.0 Å². The lowest BCUT2D eigenvalue weighted by molar-refractivity contribution is 0.155. The van der Waals surface area contributed by atoms with Crippen molar-refractivity contribution >= 4 is 44.5 Å². The van der Waals surface area contributed by atoms with Crippen molar-refractivity contribution in [2.24, 2.45) is 0 Å². The molecule has 0 atom stereocenters. The van der Waals surface area contributed by atoms with Crippen molar-refractivity contribution in [3.63, 3.8) is 0 Å². The molecule has 3 rings (SSSR count). The number of aromatic nitrogens is 3. The van der Waals surface area contributed by atoms with Crippen LogP contribution in [0, 0.1) is 0 Å². The predicted molar refractivity (Wildman–Crippen MR) is 80.5 cm³/mol. The molecule has 6 nitrogen and oxygen atoms in total. The monoisotopic (exact) mass is 320 g/mol. The highest BCUT2D eigenvalue weighted by molar-refractivity contribution is 7.21. The van der Waals surface area contributed by atoms with Crippen molar-refractivity contribution in [1.82, 2.24) is 15.0 Å². The molecule has 0 aliphatic rings. The van der Waals surface area contributed by atoms with Crippen molar-refractivity contribution < 1.29 is 9.53 Å². The van der Waals surface area contributed by atoms with Gasteiger partial charge in [0.1, 0.15) is 17.0 Å². The summed E-state index contributed by atoms with van der Waals surface area (Å²) < 4.78 is 5.11. The van der Waals surface area contributed by atoms with Crippen LogP contribution >= 0.6 is 22.9 Å². The maximum atomic E-state index is 11.7. The van der Waals surface area contributed by atoms with Crippen LogP contribution in [0.3, 0.4) is 0 Å². The standard InChI is InChI=1S/C13H9ClN4O2S/c14-11-15-6-9-10(17-11)21-12(16-9)18-13(19)20-7-8-4-2-1-3-5-8/h1-6H,7H2,(H,16,18,19). The van der Waals surface area contributed by atoms with E-state index in [9.17, 15) is 4.79 Å². The molecular weight excluding hydrogens is 312 g/mol. The summed E-state index contributed by atoms with van der Waals surface area (Å²) in [5.41, 5.74) is 1.48. The van der Waals surface area contributed by atoms with Crippen molar-refractivity contribution in [3.05, 3.63) is 47.4 Å². The van der Waals surface area contributed by atoms with Gasteiger partial charge in [0, 0.05) is 0 Å². The molecule has 0 radical (unpaired) electrons. The van der Waals surface area contributed by atoms with Crippen LogP contribution in [0.4, 0.5) is 9.93 Å². The van der Waals surface area contributed by atoms with E-state index in [-0.39, 0.29) is 11.9 Å². The normalized spacial score (nSPS) is 10.5. The van der Waals surface area contributed by atoms with Gasteiger partial charge in [0.2, 0.25) is 5.28 Å². The average molecular weight is 321 g/mol. The molecule has 3 aromatic rings. The van der Waals surface area contributed by atoms with Crippen molar-refractivity contribution in [2.75, 3.05) is 5.32 Å². The van der Waals surface area contributed by atoms with Gasteiger partial charge in [0.25, 0.3) is 0 Å². The molecule has 0 spiro atoms. The number of thiazole rings is 1. The Morgan fingerprint density at radius 1 is 1.29 bits per heavy atom. The Hall–Kier alpha value is -2.25. The van der Waals surface area contributed by atoms with E-state index in [2.05, 4.69) is 20.3 Å². The van der Waals surface area contributed by atoms with Gasteiger partial charge in [0.05, 0.1) is 6.20 Å². The quantitative estimate of drug-likeness (QED) is 0.747. The lowest BCUT2D eigenvalue weighted by Crippen LogP contribution is -2.13. The van der Waals surface area contributed by atoms with E-state index in [0.29, 0.717) is 15.5 Å². The first-order chi connectivity index (χ1) is 10.2. The Kier molecular flexibility index (Phi) is 3.94. The summed E-state index contributed by atoms with van der Waals surface area (Å²) in [5.74, 6) is 0. The third kappa shape index (κ3) is 3.45. The summed E-state index contributed by atoms with van der Waals surface area (Å²) in [4.78, 5) is 24.3. The Balaban J connectivity index is 1.63. The van der Waals surface area contributed by atoms with Gasteiger partial charge in [-0.2, -0.15) is 0 Å². The highest BCUT2D eigenvalue weighted by Gasteiger charge is 2.10. The maximum Gasteiger partial charge on any atom is 0.413 e. The fourth-order valence-electron chi connectivity index (χ4n) is 1.62. The smallest absolute Gasteiger partial charge is 0.413 e. The molecule has 0 saturated heterocycles. The van der Waals surface area contributed by atoms with E-state index >= 15 is 0 Å². The Bertz CT molecular complexity index is 778. The summed E-state index contributed by atoms with van der Waals surface area (Å²) in [6.07, 6.45) is 0.929. The fraction of sp³-hybridized carbons (Fsp3) is 0.0769. The summed E-state index contributed by atoms with van der Waals surface area (Å²) in [6, 6.07) is 9.42. The van der Waals surface area contributed by atoms with Gasteiger partial charge in [-0.25, -0.2) is 19.7 Å². The zero-order valence-electron chi connectivity index (χ0n) is 10.6. The Labute approximate surface area is 128 Å². The fourth-order valence-corrected chi connectivity index (χ4v) is 2.60. The Morgan fingerprint density at radius 2 is 2.10 bits per heavy atom. The average Bonchev–Trinajstić information content (AvgIpc) is 2.87. The number of benzene rings is 1. The highest BCUT2D eigenvalue weighted by Crippen LogP contribution is 2.24. The summed E-state index contributed by atoms with van der Waals surface area (Å²) in [7, 11) is 0. The molecule has 1 aromatic carbocycles. The van der Waals surface area contributed by atoms with Crippen LogP contribution in [0.2, 0.25) is 5.28 Å². The van der Waals surface area contributed by atoms with Gasteiger partial charge in [0.15, 0.2) is 5.13 Å². The van der Waals surface area contributed by atoms with E-state index in [4.69, 9.17) is 16.3 Å². The molecule has 0 bridgehead atoms. The van der Waals surface area contributed by atoms with E-state index in [1.807, 2.05) is 30.3 Å². The molecule has 2 aromatic heterocycles. The lowest BCUT2D eigenvalue weighted by Gasteiger charge is -2.04. The number of anilines is 1. The van der Waals surface area contributed by atoms with Crippen LogP contribution in [0.5, 0.6) is 0 Å². The molecule has 0 unspecified atom stereocenters. The molecular formula is C13H9ClN4O2S. The number of amides is 1. The van der Waals surface area contributed by atoms with Crippen molar-refractivity contribution in [2.45, 2.75) is 6.61 Å². The van der Waals surface area contributed by atoms with Gasteiger partial charge in [-0.05, 0) is 17.2 Å². The topological polar surface area (TPSA) is 77.0 Å². The number of fused-ring (bicyclic) bond motifs is 1. The first kappa shape index (κ1) is 13.7. The zero-order valence-corrected chi connectivity index (χ0v) is 12.2. The summed E-state index contributed by atoms with van der Waals surface area (Å²) in [5, 5.41) is 3.09. The third-order valence-corrected chi connectivity index (χ3v) is 3.61. The van der Waals surface area contributed by atoms with Crippen LogP contribution in [0.15, 0.2) is 36.5 Å². The molecule has 21 heavy (non-hydrogen) atoms. The molecule has 1 amide bonds. The summed E-state index contributed by atoms with van der Waals surface area (Å²) >= 11 is 6.90. The molecule has 0 fully saturated rings. The van der Waals surface area contributed by atoms with Crippen molar-refractivity contribution in [1.29, 1.82) is 0 Å². The molecule has 106 valence electrons. The van der Waals surface area contributed by atoms with Crippen LogP contribution < -0.4 is 5.32 Å². The molecule has 0 saturated carbocycles. The predicted octanol–water partition coefficient (Wildman–Crippen LogP) is 3.49. The highest BCUT2D eigenvalue weighted by atomic mass is 35.5. The van der Waals surface area contributed by atoms with E-state index < -0.39 is 6.09 Å². The van der Waals surface area contributed by atoms with Gasteiger partial charge < -0.3 is 4.74 Å². The third-order valence-electron chi connectivity index (χ3n) is 2.54. The maximum absolute atomic E-state index is 11.7. The number of nitrogens with one attached hydrogen (secondary N) is 1. The lowest BCUT2D eigenvalue weighted by atomic mass is 10.2. The number of halogens is 1. The van der Waals surface area contributed by atoms with Crippen LogP contribution in [0.1, 0.15) is 5.56 Å². The van der Waals surface area contributed by atoms with Crippen LogP contribution in [-0.2, 0) is 11.3 Å². The van der Waals surface area contributed by atoms with Gasteiger partial charge in [-0.1, -0.05) is 41.7 Å². The number of rotatable bonds is 3. The second-order valence-corrected chi connectivity index (χ2v) is 5.35. The number of ether oxygens (including phenoxy) is 1. The van der Waals surface area contributed by atoms with E-state index in [0.717, 1.165) is 5.56 Å². The molecule has 0 aliphatic carbocycles. The van der Waals surface area contributed by atoms with E-state index in [1.165, 1.54) is 17.5 Å². The van der Waals surface area contributed by atoms with E-state index in [1.54, 1.807) is 0 Å². The van der Waals surface area contributed by atoms with Gasteiger partial charge >= 0.3 is 6.09 Å². The Morgan fingerprint density at radius 3 is 2.90 bits per heavy atom. The largest absolute Gasteiger partial charge is 0.444 e. The zero-order chi connectivity index (χ0) is 14.7. The summed E-state index contributed by atoms with van der Waals surface area (Å²) in [6.45, 7) is 0.198. The van der Waals surface area contributed by atoms with Crippen molar-refractivity contribution in [3.8, 4) is 0 Å². The minimum atomic E-state index is -0.572. The number of hydrogen-bond donors (Lipinski definition) is 1. The minimum absolute atomic E-state index is 0.143.